The van der Waals surface area contributed by atoms with E-state index in [-0.39, 0.29) is 0 Å². The summed E-state index contributed by atoms with van der Waals surface area (Å²) in [6, 6.07) is 14.2. The van der Waals surface area contributed by atoms with E-state index in [4.69, 9.17) is 21.1 Å². The molecule has 1 fully saturated rings. The van der Waals surface area contributed by atoms with Crippen molar-refractivity contribution in [2.75, 3.05) is 33.4 Å². The predicted octanol–water partition coefficient (Wildman–Crippen LogP) is 5.38. The highest BCUT2D eigenvalue weighted by molar-refractivity contribution is 6.30. The maximum atomic E-state index is 5.90. The van der Waals surface area contributed by atoms with Gasteiger partial charge >= 0.3 is 0 Å². The number of rotatable bonds is 8. The maximum Gasteiger partial charge on any atom is 0.122 e. The second-order valence-electron chi connectivity index (χ2n) is 7.43. The molecule has 2 aromatic carbocycles. The van der Waals surface area contributed by atoms with Crippen molar-refractivity contribution in [3.63, 3.8) is 0 Å². The van der Waals surface area contributed by atoms with Gasteiger partial charge in [-0.1, -0.05) is 23.7 Å². The van der Waals surface area contributed by atoms with Crippen LogP contribution in [0.3, 0.4) is 0 Å². The van der Waals surface area contributed by atoms with Crippen molar-refractivity contribution in [2.24, 2.45) is 5.92 Å². The summed E-state index contributed by atoms with van der Waals surface area (Å²) in [6.07, 6.45) is 4.75. The Morgan fingerprint density at radius 3 is 2.52 bits per heavy atom. The molecule has 1 saturated heterocycles. The number of benzene rings is 2. The van der Waals surface area contributed by atoms with Crippen LogP contribution < -0.4 is 9.47 Å². The van der Waals surface area contributed by atoms with Crippen LogP contribution in [0.4, 0.5) is 0 Å². The molecule has 0 amide bonds. The van der Waals surface area contributed by atoms with Gasteiger partial charge in [-0.2, -0.15) is 0 Å². The van der Waals surface area contributed by atoms with Gasteiger partial charge in [0.05, 0.1) is 13.7 Å². The fourth-order valence-electron chi connectivity index (χ4n) is 3.68. The van der Waals surface area contributed by atoms with Gasteiger partial charge in [0.2, 0.25) is 0 Å². The van der Waals surface area contributed by atoms with Crippen LogP contribution in [0.1, 0.15) is 30.4 Å². The van der Waals surface area contributed by atoms with E-state index in [1.165, 1.54) is 37.1 Å². The Labute approximate surface area is 168 Å². The highest BCUT2D eigenvalue weighted by Crippen LogP contribution is 2.23. The SMILES string of the molecule is COc1cc(CCN2CCC(CCOc3ccc(Cl)cc3)CC2)ccc1C. The van der Waals surface area contributed by atoms with Crippen LogP contribution in [0.2, 0.25) is 5.02 Å². The Morgan fingerprint density at radius 1 is 1.07 bits per heavy atom. The Kier molecular flexibility index (Phi) is 7.42. The highest BCUT2D eigenvalue weighted by Gasteiger charge is 2.19. The van der Waals surface area contributed by atoms with Crippen molar-refractivity contribution in [3.8, 4) is 11.5 Å². The van der Waals surface area contributed by atoms with Crippen LogP contribution in [0.5, 0.6) is 11.5 Å². The van der Waals surface area contributed by atoms with E-state index in [9.17, 15) is 0 Å². The summed E-state index contributed by atoms with van der Waals surface area (Å²) in [5, 5.41) is 0.749. The molecule has 0 unspecified atom stereocenters. The zero-order chi connectivity index (χ0) is 19.1. The van der Waals surface area contributed by atoms with Crippen molar-refractivity contribution in [2.45, 2.75) is 32.6 Å². The first kappa shape index (κ1) is 20.0. The summed E-state index contributed by atoms with van der Waals surface area (Å²) < 4.78 is 11.3. The van der Waals surface area contributed by atoms with Crippen LogP contribution in [0.25, 0.3) is 0 Å². The summed E-state index contributed by atoms with van der Waals surface area (Å²) in [5.74, 6) is 2.67. The number of halogens is 1. The van der Waals surface area contributed by atoms with Crippen LogP contribution in [-0.2, 0) is 6.42 Å². The number of hydrogen-bond donors (Lipinski definition) is 0. The molecular weight excluding hydrogens is 358 g/mol. The zero-order valence-corrected chi connectivity index (χ0v) is 17.2. The number of nitrogens with zero attached hydrogens (tertiary/aromatic N) is 1. The van der Waals surface area contributed by atoms with Crippen molar-refractivity contribution < 1.29 is 9.47 Å². The molecule has 4 heteroatoms. The third-order valence-electron chi connectivity index (χ3n) is 5.50. The summed E-state index contributed by atoms with van der Waals surface area (Å²) in [7, 11) is 1.74. The molecule has 2 aromatic rings. The van der Waals surface area contributed by atoms with Gasteiger partial charge in [-0.3, -0.25) is 0 Å². The minimum absolute atomic E-state index is 0.749. The minimum atomic E-state index is 0.749. The van der Waals surface area contributed by atoms with Gasteiger partial charge in [0, 0.05) is 11.6 Å². The molecule has 0 N–H and O–H groups in total. The molecule has 3 rings (SSSR count). The van der Waals surface area contributed by atoms with Crippen molar-refractivity contribution >= 4 is 11.6 Å². The number of hydrogen-bond acceptors (Lipinski definition) is 3. The smallest absolute Gasteiger partial charge is 0.122 e. The number of aryl methyl sites for hydroxylation is 1. The fraction of sp³-hybridized carbons (Fsp3) is 0.478. The van der Waals surface area contributed by atoms with Crippen LogP contribution >= 0.6 is 11.6 Å². The van der Waals surface area contributed by atoms with Crippen LogP contribution in [0.15, 0.2) is 42.5 Å². The third kappa shape index (κ3) is 6.15. The van der Waals surface area contributed by atoms with Gasteiger partial charge in [-0.25, -0.2) is 0 Å². The van der Waals surface area contributed by atoms with Gasteiger partial charge in [-0.15, -0.1) is 0 Å². The van der Waals surface area contributed by atoms with E-state index in [2.05, 4.69) is 30.0 Å². The molecule has 0 aromatic heterocycles. The second kappa shape index (κ2) is 10.0. The first-order chi connectivity index (χ1) is 13.1. The van der Waals surface area contributed by atoms with E-state index in [1.54, 1.807) is 7.11 Å². The standard InChI is InChI=1S/C23H30ClNO2/c1-18-3-4-20(17-23(18)26-2)11-15-25-13-9-19(10-14-25)12-16-27-22-7-5-21(24)6-8-22/h3-8,17,19H,9-16H2,1-2H3. The van der Waals surface area contributed by atoms with E-state index in [0.717, 1.165) is 48.4 Å². The number of likely N-dealkylation sites (tertiary alicyclic amines) is 1. The molecule has 0 bridgehead atoms. The lowest BCUT2D eigenvalue weighted by molar-refractivity contribution is 0.164. The van der Waals surface area contributed by atoms with Crippen LogP contribution in [0, 0.1) is 12.8 Å². The molecule has 0 atom stereocenters. The Bertz CT molecular complexity index is 709. The third-order valence-corrected chi connectivity index (χ3v) is 5.76. The number of ether oxygens (including phenoxy) is 2. The largest absolute Gasteiger partial charge is 0.496 e. The molecule has 146 valence electrons. The molecule has 0 saturated carbocycles. The summed E-state index contributed by atoms with van der Waals surface area (Å²) in [5.41, 5.74) is 2.55. The average molecular weight is 388 g/mol. The van der Waals surface area contributed by atoms with Gasteiger partial charge in [-0.05, 0) is 93.1 Å². The zero-order valence-electron chi connectivity index (χ0n) is 16.4. The van der Waals surface area contributed by atoms with Crippen molar-refractivity contribution in [3.05, 3.63) is 58.6 Å². The quantitative estimate of drug-likeness (QED) is 0.606. The molecule has 0 aliphatic carbocycles. The lowest BCUT2D eigenvalue weighted by Gasteiger charge is -2.32. The second-order valence-corrected chi connectivity index (χ2v) is 7.87. The van der Waals surface area contributed by atoms with Crippen molar-refractivity contribution in [1.82, 2.24) is 4.90 Å². The van der Waals surface area contributed by atoms with Gasteiger partial charge in [0.1, 0.15) is 11.5 Å². The topological polar surface area (TPSA) is 21.7 Å². The van der Waals surface area contributed by atoms with Gasteiger partial charge < -0.3 is 14.4 Å². The molecule has 1 heterocycles. The lowest BCUT2D eigenvalue weighted by Crippen LogP contribution is -2.35. The Morgan fingerprint density at radius 2 is 1.81 bits per heavy atom. The number of methoxy groups -OCH3 is 1. The van der Waals surface area contributed by atoms with Crippen molar-refractivity contribution in [1.29, 1.82) is 0 Å². The molecule has 1 aliphatic heterocycles. The fourth-order valence-corrected chi connectivity index (χ4v) is 3.81. The lowest BCUT2D eigenvalue weighted by atomic mass is 9.93. The normalized spacial score (nSPS) is 15.7. The molecule has 3 nitrogen and oxygen atoms in total. The average Bonchev–Trinajstić information content (AvgIpc) is 2.70. The molecule has 0 spiro atoms. The Hall–Kier alpha value is -1.71. The highest BCUT2D eigenvalue weighted by atomic mass is 35.5. The predicted molar refractivity (Wildman–Crippen MR) is 112 cm³/mol. The van der Waals surface area contributed by atoms with Gasteiger partial charge in [0.25, 0.3) is 0 Å². The monoisotopic (exact) mass is 387 g/mol. The summed E-state index contributed by atoms with van der Waals surface area (Å²) in [6.45, 7) is 6.38. The van der Waals surface area contributed by atoms with E-state index in [0.29, 0.717) is 0 Å². The number of piperidine rings is 1. The van der Waals surface area contributed by atoms with Gasteiger partial charge in [0.15, 0.2) is 0 Å². The maximum absolute atomic E-state index is 5.90. The first-order valence-corrected chi connectivity index (χ1v) is 10.3. The summed E-state index contributed by atoms with van der Waals surface area (Å²) in [4.78, 5) is 2.59. The molecule has 1 aliphatic rings. The molecule has 27 heavy (non-hydrogen) atoms. The Balaban J connectivity index is 1.34. The van der Waals surface area contributed by atoms with Crippen LogP contribution in [-0.4, -0.2) is 38.3 Å². The van der Waals surface area contributed by atoms with E-state index in [1.807, 2.05) is 24.3 Å². The molecule has 0 radical (unpaired) electrons. The van der Waals surface area contributed by atoms with E-state index < -0.39 is 0 Å². The first-order valence-electron chi connectivity index (χ1n) is 9.88. The minimum Gasteiger partial charge on any atom is -0.496 e. The van der Waals surface area contributed by atoms with E-state index >= 15 is 0 Å². The summed E-state index contributed by atoms with van der Waals surface area (Å²) >= 11 is 5.90. The molecular formula is C23H30ClNO2.